The van der Waals surface area contributed by atoms with E-state index < -0.39 is 15.8 Å². The van der Waals surface area contributed by atoms with Crippen molar-refractivity contribution in [1.82, 2.24) is 19.9 Å². The molecular weight excluding hydrogens is 247 g/mol. The molecule has 90 valence electrons. The lowest BCUT2D eigenvalue weighted by molar-refractivity contribution is 0.575. The largest absolute Gasteiger partial charge is 0.262 e. The van der Waals surface area contributed by atoms with Crippen molar-refractivity contribution >= 4 is 10.0 Å². The molecule has 0 unspecified atom stereocenters. The summed E-state index contributed by atoms with van der Waals surface area (Å²) in [5, 5.41) is 6.09. The predicted molar refractivity (Wildman–Crippen MR) is 56.8 cm³/mol. The molecule has 0 atom stereocenters. The van der Waals surface area contributed by atoms with Crippen LogP contribution in [0.2, 0.25) is 0 Å². The van der Waals surface area contributed by atoms with Crippen LogP contribution in [0.1, 0.15) is 5.82 Å². The maximum atomic E-state index is 12.9. The van der Waals surface area contributed by atoms with Crippen molar-refractivity contribution in [3.8, 4) is 0 Å². The molecule has 2 N–H and O–H groups in total. The molecule has 1 aromatic heterocycles. The Bertz CT molecular complexity index is 597. The van der Waals surface area contributed by atoms with Crippen LogP contribution >= 0.6 is 0 Å². The SMILES string of the molecule is O=S(=O)(NCc1ncn[nH]1)c1cccc(F)c1. The molecule has 0 saturated heterocycles. The second-order valence-corrected chi connectivity index (χ2v) is 4.98. The maximum Gasteiger partial charge on any atom is 0.241 e. The van der Waals surface area contributed by atoms with Gasteiger partial charge in [-0.1, -0.05) is 6.07 Å². The van der Waals surface area contributed by atoms with Crippen molar-refractivity contribution < 1.29 is 12.8 Å². The molecule has 8 heteroatoms. The van der Waals surface area contributed by atoms with Gasteiger partial charge in [0.2, 0.25) is 10.0 Å². The molecule has 2 aromatic rings. The molecule has 0 aliphatic rings. The maximum absolute atomic E-state index is 12.9. The molecule has 0 aliphatic carbocycles. The Labute approximate surface area is 96.9 Å². The summed E-state index contributed by atoms with van der Waals surface area (Å²) in [5.74, 6) is -0.225. The van der Waals surface area contributed by atoms with Crippen LogP contribution in [0.15, 0.2) is 35.5 Å². The van der Waals surface area contributed by atoms with Crippen LogP contribution in [0.5, 0.6) is 0 Å². The van der Waals surface area contributed by atoms with E-state index in [-0.39, 0.29) is 11.4 Å². The van der Waals surface area contributed by atoms with Crippen molar-refractivity contribution in [2.75, 3.05) is 0 Å². The molecule has 0 saturated carbocycles. The zero-order valence-electron chi connectivity index (χ0n) is 8.59. The fourth-order valence-electron chi connectivity index (χ4n) is 1.20. The molecule has 1 aromatic carbocycles. The van der Waals surface area contributed by atoms with E-state index in [1.807, 2.05) is 0 Å². The number of rotatable bonds is 4. The fraction of sp³-hybridized carbons (Fsp3) is 0.111. The van der Waals surface area contributed by atoms with Gasteiger partial charge in [-0.3, -0.25) is 5.10 Å². The highest BCUT2D eigenvalue weighted by Gasteiger charge is 2.14. The van der Waals surface area contributed by atoms with E-state index in [0.717, 1.165) is 6.07 Å². The van der Waals surface area contributed by atoms with Crippen LogP contribution in [0.3, 0.4) is 0 Å². The first-order valence-corrected chi connectivity index (χ1v) is 6.16. The normalized spacial score (nSPS) is 11.6. The quantitative estimate of drug-likeness (QED) is 0.830. The number of hydrogen-bond donors (Lipinski definition) is 2. The Morgan fingerprint density at radius 1 is 1.41 bits per heavy atom. The molecule has 2 rings (SSSR count). The van der Waals surface area contributed by atoms with Gasteiger partial charge >= 0.3 is 0 Å². The average molecular weight is 256 g/mol. The zero-order valence-corrected chi connectivity index (χ0v) is 9.41. The second kappa shape index (κ2) is 4.60. The third kappa shape index (κ3) is 2.86. The third-order valence-corrected chi connectivity index (χ3v) is 3.40. The Morgan fingerprint density at radius 2 is 2.24 bits per heavy atom. The summed E-state index contributed by atoms with van der Waals surface area (Å²) >= 11 is 0. The highest BCUT2D eigenvalue weighted by atomic mass is 32.2. The van der Waals surface area contributed by atoms with E-state index in [0.29, 0.717) is 5.82 Å². The first kappa shape index (κ1) is 11.7. The smallest absolute Gasteiger partial charge is 0.241 e. The average Bonchev–Trinajstić information content (AvgIpc) is 2.79. The van der Waals surface area contributed by atoms with E-state index in [2.05, 4.69) is 19.9 Å². The Kier molecular flexibility index (Phi) is 3.16. The molecule has 0 bridgehead atoms. The number of nitrogens with one attached hydrogen (secondary N) is 2. The van der Waals surface area contributed by atoms with Crippen LogP contribution in [0.25, 0.3) is 0 Å². The summed E-state index contributed by atoms with van der Waals surface area (Å²) in [4.78, 5) is 3.64. The van der Waals surface area contributed by atoms with E-state index in [4.69, 9.17) is 0 Å². The van der Waals surface area contributed by atoms with Gasteiger partial charge in [0.1, 0.15) is 18.0 Å². The van der Waals surface area contributed by atoms with Gasteiger partial charge < -0.3 is 0 Å². The number of halogens is 1. The van der Waals surface area contributed by atoms with Gasteiger partial charge in [-0.15, -0.1) is 0 Å². The fourth-order valence-corrected chi connectivity index (χ4v) is 2.22. The summed E-state index contributed by atoms with van der Waals surface area (Å²) in [5.41, 5.74) is 0. The molecule has 6 nitrogen and oxygen atoms in total. The van der Waals surface area contributed by atoms with Crippen molar-refractivity contribution in [3.63, 3.8) is 0 Å². The lowest BCUT2D eigenvalue weighted by Gasteiger charge is -2.04. The number of aromatic amines is 1. The van der Waals surface area contributed by atoms with E-state index in [1.165, 1.54) is 24.5 Å². The third-order valence-electron chi connectivity index (χ3n) is 2.00. The summed E-state index contributed by atoms with van der Waals surface area (Å²) in [6.45, 7) is -0.0289. The zero-order chi connectivity index (χ0) is 12.3. The van der Waals surface area contributed by atoms with Crippen molar-refractivity contribution in [2.45, 2.75) is 11.4 Å². The van der Waals surface area contributed by atoms with Crippen LogP contribution < -0.4 is 4.72 Å². The Morgan fingerprint density at radius 3 is 2.88 bits per heavy atom. The molecule has 0 amide bonds. The summed E-state index contributed by atoms with van der Waals surface area (Å²) in [7, 11) is -3.74. The van der Waals surface area contributed by atoms with Gasteiger partial charge in [0.25, 0.3) is 0 Å². The minimum absolute atomic E-state index is 0.0289. The van der Waals surface area contributed by atoms with Gasteiger partial charge in [-0.2, -0.15) is 5.10 Å². The van der Waals surface area contributed by atoms with Gasteiger partial charge in [-0.05, 0) is 18.2 Å². The standard InChI is InChI=1S/C9H9FN4O2S/c10-7-2-1-3-8(4-7)17(15,16)13-5-9-11-6-12-14-9/h1-4,6,13H,5H2,(H,11,12,14). The summed E-state index contributed by atoms with van der Waals surface area (Å²) in [6, 6.07) is 4.77. The van der Waals surface area contributed by atoms with Gasteiger partial charge in [0.15, 0.2) is 0 Å². The first-order chi connectivity index (χ1) is 8.08. The number of benzene rings is 1. The van der Waals surface area contributed by atoms with Crippen LogP contribution in [0.4, 0.5) is 4.39 Å². The molecule has 0 fully saturated rings. The lowest BCUT2D eigenvalue weighted by atomic mass is 10.4. The predicted octanol–water partition coefficient (Wildman–Crippen LogP) is 0.422. The first-order valence-electron chi connectivity index (χ1n) is 4.67. The highest BCUT2D eigenvalue weighted by molar-refractivity contribution is 7.89. The van der Waals surface area contributed by atoms with E-state index in [1.54, 1.807) is 0 Å². The molecule has 0 aliphatic heterocycles. The Hall–Kier alpha value is -1.80. The highest BCUT2D eigenvalue weighted by Crippen LogP contribution is 2.10. The van der Waals surface area contributed by atoms with Gasteiger partial charge in [0, 0.05) is 0 Å². The number of nitrogens with zero attached hydrogens (tertiary/aromatic N) is 2. The number of H-pyrrole nitrogens is 1. The van der Waals surface area contributed by atoms with Crippen LogP contribution in [-0.4, -0.2) is 23.6 Å². The monoisotopic (exact) mass is 256 g/mol. The van der Waals surface area contributed by atoms with Gasteiger partial charge in [0.05, 0.1) is 11.4 Å². The van der Waals surface area contributed by atoms with E-state index >= 15 is 0 Å². The number of sulfonamides is 1. The molecule has 0 radical (unpaired) electrons. The van der Waals surface area contributed by atoms with Crippen LogP contribution in [0, 0.1) is 5.82 Å². The minimum atomic E-state index is -3.74. The minimum Gasteiger partial charge on any atom is -0.262 e. The summed E-state index contributed by atoms with van der Waals surface area (Å²) < 4.78 is 38.6. The number of aromatic nitrogens is 3. The second-order valence-electron chi connectivity index (χ2n) is 3.21. The number of hydrogen-bond acceptors (Lipinski definition) is 4. The van der Waals surface area contributed by atoms with E-state index in [9.17, 15) is 12.8 Å². The van der Waals surface area contributed by atoms with Crippen molar-refractivity contribution in [1.29, 1.82) is 0 Å². The van der Waals surface area contributed by atoms with Crippen molar-refractivity contribution in [3.05, 3.63) is 42.2 Å². The molecule has 1 heterocycles. The van der Waals surface area contributed by atoms with Crippen molar-refractivity contribution in [2.24, 2.45) is 0 Å². The summed E-state index contributed by atoms with van der Waals surface area (Å²) in [6.07, 6.45) is 1.27. The topological polar surface area (TPSA) is 87.7 Å². The molecular formula is C9H9FN4O2S. The molecule has 17 heavy (non-hydrogen) atoms. The van der Waals surface area contributed by atoms with Crippen LogP contribution in [-0.2, 0) is 16.6 Å². The Balaban J connectivity index is 2.14. The molecule has 0 spiro atoms. The van der Waals surface area contributed by atoms with Gasteiger partial charge in [-0.25, -0.2) is 22.5 Å². The lowest BCUT2D eigenvalue weighted by Crippen LogP contribution is -2.23.